The number of hydrogen-bond donors (Lipinski definition) is 1. The maximum atomic E-state index is 13.5. The Morgan fingerprint density at radius 2 is 1.93 bits per heavy atom. The van der Waals surface area contributed by atoms with Crippen molar-refractivity contribution in [3.63, 3.8) is 0 Å². The average molecular weight is 428 g/mol. The van der Waals surface area contributed by atoms with Crippen LogP contribution in [-0.2, 0) is 6.54 Å². The standard InChI is InChI=1S/C20H14F2N4O3S/c1-11-15-9-18(19(27)23-14-6-7-16(22)17(8-14)26(28)29)30-20(15)25(24-11)10-12-2-4-13(21)5-3-12/h2-9H,10H2,1H3,(H,23,27). The Labute approximate surface area is 172 Å². The van der Waals surface area contributed by atoms with Crippen LogP contribution in [0.2, 0.25) is 0 Å². The molecule has 0 bridgehead atoms. The van der Waals surface area contributed by atoms with Gasteiger partial charge in [0.25, 0.3) is 5.91 Å². The van der Waals surface area contributed by atoms with Gasteiger partial charge in [0.2, 0.25) is 5.82 Å². The van der Waals surface area contributed by atoms with E-state index in [2.05, 4.69) is 10.4 Å². The van der Waals surface area contributed by atoms with Crippen LogP contribution in [0.3, 0.4) is 0 Å². The van der Waals surface area contributed by atoms with Gasteiger partial charge in [-0.1, -0.05) is 12.1 Å². The second-order valence-corrected chi connectivity index (χ2v) is 7.61. The topological polar surface area (TPSA) is 90.1 Å². The molecule has 7 nitrogen and oxygen atoms in total. The monoisotopic (exact) mass is 428 g/mol. The quantitative estimate of drug-likeness (QED) is 0.362. The van der Waals surface area contributed by atoms with Gasteiger partial charge in [0, 0.05) is 17.1 Å². The molecular weight excluding hydrogens is 414 g/mol. The molecular formula is C20H14F2N4O3S. The SMILES string of the molecule is Cc1nn(Cc2ccc(F)cc2)c2sc(C(=O)Nc3ccc(F)c([N+](=O)[O-])c3)cc12. The van der Waals surface area contributed by atoms with E-state index >= 15 is 0 Å². The Morgan fingerprint density at radius 3 is 2.63 bits per heavy atom. The molecule has 0 saturated carbocycles. The first-order chi connectivity index (χ1) is 14.3. The van der Waals surface area contributed by atoms with E-state index in [9.17, 15) is 23.7 Å². The minimum absolute atomic E-state index is 0.121. The van der Waals surface area contributed by atoms with Crippen LogP contribution in [-0.4, -0.2) is 20.6 Å². The summed E-state index contributed by atoms with van der Waals surface area (Å²) in [5.74, 6) is -1.77. The first kappa shape index (κ1) is 19.6. The van der Waals surface area contributed by atoms with Crippen LogP contribution in [0, 0.1) is 28.7 Å². The van der Waals surface area contributed by atoms with Crippen molar-refractivity contribution in [2.24, 2.45) is 0 Å². The highest BCUT2D eigenvalue weighted by Crippen LogP contribution is 2.30. The summed E-state index contributed by atoms with van der Waals surface area (Å²) >= 11 is 1.21. The molecule has 10 heteroatoms. The van der Waals surface area contributed by atoms with Gasteiger partial charge in [-0.2, -0.15) is 9.49 Å². The number of rotatable bonds is 5. The number of nitro benzene ring substituents is 1. The van der Waals surface area contributed by atoms with E-state index in [0.29, 0.717) is 11.4 Å². The van der Waals surface area contributed by atoms with Crippen LogP contribution in [0.4, 0.5) is 20.2 Å². The Balaban J connectivity index is 1.60. The fourth-order valence-corrected chi connectivity index (χ4v) is 4.07. The molecule has 2 heterocycles. The molecule has 30 heavy (non-hydrogen) atoms. The van der Waals surface area contributed by atoms with E-state index in [4.69, 9.17) is 0 Å². The van der Waals surface area contributed by atoms with E-state index in [0.717, 1.165) is 33.6 Å². The molecule has 2 aromatic heterocycles. The summed E-state index contributed by atoms with van der Waals surface area (Å²) in [6, 6.07) is 10.9. The Hall–Kier alpha value is -3.66. The first-order valence-electron chi connectivity index (χ1n) is 8.78. The Bertz CT molecular complexity index is 1280. The molecule has 1 amide bonds. The van der Waals surface area contributed by atoms with Crippen molar-refractivity contribution in [3.05, 3.63) is 86.4 Å². The number of fused-ring (bicyclic) bond motifs is 1. The zero-order chi connectivity index (χ0) is 21.4. The molecule has 4 aromatic rings. The van der Waals surface area contributed by atoms with Gasteiger partial charge in [-0.25, -0.2) is 4.39 Å². The molecule has 0 radical (unpaired) electrons. The Morgan fingerprint density at radius 1 is 1.20 bits per heavy atom. The van der Waals surface area contributed by atoms with Gasteiger partial charge in [-0.05, 0) is 42.8 Å². The lowest BCUT2D eigenvalue weighted by Crippen LogP contribution is -2.10. The third-order valence-corrected chi connectivity index (χ3v) is 5.62. The van der Waals surface area contributed by atoms with E-state index < -0.39 is 22.3 Å². The van der Waals surface area contributed by atoms with E-state index in [1.165, 1.54) is 29.5 Å². The van der Waals surface area contributed by atoms with Crippen molar-refractivity contribution in [1.29, 1.82) is 0 Å². The normalized spacial score (nSPS) is 11.0. The van der Waals surface area contributed by atoms with Crippen LogP contribution in [0.25, 0.3) is 10.2 Å². The lowest BCUT2D eigenvalue weighted by Gasteiger charge is -2.04. The summed E-state index contributed by atoms with van der Waals surface area (Å²) in [6.45, 7) is 2.23. The average Bonchev–Trinajstić information content (AvgIpc) is 3.26. The second-order valence-electron chi connectivity index (χ2n) is 6.58. The molecule has 0 spiro atoms. The lowest BCUT2D eigenvalue weighted by atomic mass is 10.2. The maximum absolute atomic E-state index is 13.5. The summed E-state index contributed by atoms with van der Waals surface area (Å²) in [6.07, 6.45) is 0. The van der Waals surface area contributed by atoms with Crippen molar-refractivity contribution >= 4 is 38.8 Å². The Kier molecular flexibility index (Phi) is 5.00. The highest BCUT2D eigenvalue weighted by molar-refractivity contribution is 7.20. The number of aromatic nitrogens is 2. The summed E-state index contributed by atoms with van der Waals surface area (Å²) in [4.78, 5) is 23.8. The molecule has 2 aromatic carbocycles. The van der Waals surface area contributed by atoms with E-state index in [1.807, 2.05) is 6.92 Å². The van der Waals surface area contributed by atoms with Gasteiger partial charge in [0.1, 0.15) is 10.6 Å². The highest BCUT2D eigenvalue weighted by Gasteiger charge is 2.19. The van der Waals surface area contributed by atoms with Gasteiger partial charge in [-0.3, -0.25) is 19.6 Å². The van der Waals surface area contributed by atoms with Gasteiger partial charge < -0.3 is 5.32 Å². The molecule has 0 atom stereocenters. The predicted molar refractivity (Wildman–Crippen MR) is 109 cm³/mol. The van der Waals surface area contributed by atoms with Gasteiger partial charge in [-0.15, -0.1) is 11.3 Å². The summed E-state index contributed by atoms with van der Waals surface area (Å²) in [5, 5.41) is 18.7. The van der Waals surface area contributed by atoms with Gasteiger partial charge >= 0.3 is 5.69 Å². The first-order valence-corrected chi connectivity index (χ1v) is 9.60. The molecule has 152 valence electrons. The summed E-state index contributed by atoms with van der Waals surface area (Å²) in [7, 11) is 0. The summed E-state index contributed by atoms with van der Waals surface area (Å²) in [5.41, 5.74) is 1.00. The largest absolute Gasteiger partial charge is 0.321 e. The molecule has 0 aliphatic heterocycles. The summed E-state index contributed by atoms with van der Waals surface area (Å²) < 4.78 is 28.3. The lowest BCUT2D eigenvalue weighted by molar-refractivity contribution is -0.387. The fourth-order valence-electron chi connectivity index (χ4n) is 3.02. The number of amides is 1. The molecule has 0 saturated heterocycles. The highest BCUT2D eigenvalue weighted by atomic mass is 32.1. The van der Waals surface area contributed by atoms with Crippen LogP contribution in [0.15, 0.2) is 48.5 Å². The number of carbonyl (C=O) groups excluding carboxylic acids is 1. The third kappa shape index (κ3) is 3.77. The van der Waals surface area contributed by atoms with Gasteiger partial charge in [0.05, 0.1) is 22.0 Å². The number of aryl methyl sites for hydroxylation is 1. The number of carbonyl (C=O) groups is 1. The zero-order valence-electron chi connectivity index (χ0n) is 15.6. The maximum Gasteiger partial charge on any atom is 0.306 e. The fraction of sp³-hybridized carbons (Fsp3) is 0.100. The van der Waals surface area contributed by atoms with Gasteiger partial charge in [0.15, 0.2) is 0 Å². The second kappa shape index (κ2) is 7.64. The number of nitrogens with one attached hydrogen (secondary N) is 1. The number of benzene rings is 2. The predicted octanol–water partition coefficient (Wildman–Crippen LogP) is 4.89. The number of hydrogen-bond acceptors (Lipinski definition) is 5. The molecule has 0 aliphatic carbocycles. The number of anilines is 1. The van der Waals surface area contributed by atoms with Crippen LogP contribution in [0.1, 0.15) is 20.9 Å². The minimum Gasteiger partial charge on any atom is -0.321 e. The van der Waals surface area contributed by atoms with Crippen LogP contribution >= 0.6 is 11.3 Å². The molecule has 0 fully saturated rings. The van der Waals surface area contributed by atoms with E-state index in [1.54, 1.807) is 22.9 Å². The minimum atomic E-state index is -0.976. The van der Waals surface area contributed by atoms with E-state index in [-0.39, 0.29) is 11.5 Å². The van der Waals surface area contributed by atoms with Crippen molar-refractivity contribution in [1.82, 2.24) is 9.78 Å². The van der Waals surface area contributed by atoms with Crippen molar-refractivity contribution < 1.29 is 18.5 Å². The molecule has 0 unspecified atom stereocenters. The third-order valence-electron chi connectivity index (χ3n) is 4.48. The van der Waals surface area contributed by atoms with Crippen molar-refractivity contribution in [2.45, 2.75) is 13.5 Å². The smallest absolute Gasteiger partial charge is 0.306 e. The number of nitrogens with zero attached hydrogens (tertiary/aromatic N) is 3. The molecule has 4 rings (SSSR count). The molecule has 0 aliphatic rings. The molecule has 1 N–H and O–H groups in total. The van der Waals surface area contributed by atoms with Crippen LogP contribution < -0.4 is 5.32 Å². The zero-order valence-corrected chi connectivity index (χ0v) is 16.4. The van der Waals surface area contributed by atoms with Crippen molar-refractivity contribution in [3.8, 4) is 0 Å². The van der Waals surface area contributed by atoms with Crippen molar-refractivity contribution in [2.75, 3.05) is 5.32 Å². The number of thiophene rings is 1. The number of halogens is 2. The van der Waals surface area contributed by atoms with Crippen LogP contribution in [0.5, 0.6) is 0 Å². The number of nitro groups is 1.